The number of carbonyl (C=O) groups is 1. The van der Waals surface area contributed by atoms with Crippen LogP contribution in [0.2, 0.25) is 5.02 Å². The molecule has 0 spiro atoms. The average Bonchev–Trinajstić information content (AvgIpc) is 2.96. The number of aromatic amines is 1. The van der Waals surface area contributed by atoms with E-state index in [1.807, 2.05) is 6.07 Å². The van der Waals surface area contributed by atoms with Crippen LogP contribution in [0.4, 0.5) is 0 Å². The van der Waals surface area contributed by atoms with Crippen LogP contribution in [0.25, 0.3) is 0 Å². The number of halogens is 1. The van der Waals surface area contributed by atoms with E-state index in [0.29, 0.717) is 10.7 Å². The lowest BCUT2D eigenvalue weighted by molar-refractivity contribution is 0.0595. The Labute approximate surface area is 152 Å². The fraction of sp³-hybridized carbons (Fsp3) is 0.750. The number of H-pyrrole nitrogens is 1. The average molecular weight is 356 g/mol. The quantitative estimate of drug-likeness (QED) is 0.298. The molecule has 0 aliphatic carbocycles. The minimum atomic E-state index is -0.402. The molecule has 0 amide bonds. The molecule has 138 valence electrons. The first-order valence-electron chi connectivity index (χ1n) is 9.64. The van der Waals surface area contributed by atoms with Crippen LogP contribution in [-0.2, 0) is 11.2 Å². The first-order chi connectivity index (χ1) is 11.7. The molecule has 1 N–H and O–H groups in total. The van der Waals surface area contributed by atoms with Crippen molar-refractivity contribution in [1.82, 2.24) is 4.98 Å². The summed E-state index contributed by atoms with van der Waals surface area (Å²) in [7, 11) is 1.37. The van der Waals surface area contributed by atoms with E-state index in [-0.39, 0.29) is 0 Å². The highest BCUT2D eigenvalue weighted by Crippen LogP contribution is 2.20. The molecule has 1 aromatic rings. The van der Waals surface area contributed by atoms with Gasteiger partial charge < -0.3 is 9.72 Å². The van der Waals surface area contributed by atoms with Gasteiger partial charge in [-0.05, 0) is 18.9 Å². The van der Waals surface area contributed by atoms with E-state index in [9.17, 15) is 4.79 Å². The number of aromatic nitrogens is 1. The Morgan fingerprint density at radius 3 is 1.96 bits per heavy atom. The second kappa shape index (κ2) is 13.3. The SMILES string of the molecule is CCCCCCCCCCCCCCc1cc(Cl)c(C(=O)OC)[nH]1. The molecule has 24 heavy (non-hydrogen) atoms. The molecule has 1 aromatic heterocycles. The zero-order valence-electron chi connectivity index (χ0n) is 15.5. The van der Waals surface area contributed by atoms with Crippen LogP contribution in [0, 0.1) is 0 Å². The lowest BCUT2D eigenvalue weighted by Crippen LogP contribution is -2.02. The number of rotatable bonds is 14. The van der Waals surface area contributed by atoms with Gasteiger partial charge in [0.15, 0.2) is 0 Å². The number of hydrogen-bond acceptors (Lipinski definition) is 2. The maximum absolute atomic E-state index is 11.5. The number of unbranched alkanes of at least 4 members (excludes halogenated alkanes) is 11. The highest BCUT2D eigenvalue weighted by molar-refractivity contribution is 6.33. The van der Waals surface area contributed by atoms with Crippen molar-refractivity contribution < 1.29 is 9.53 Å². The molecule has 3 nitrogen and oxygen atoms in total. The number of hydrogen-bond donors (Lipinski definition) is 1. The highest BCUT2D eigenvalue weighted by atomic mass is 35.5. The highest BCUT2D eigenvalue weighted by Gasteiger charge is 2.14. The maximum Gasteiger partial charge on any atom is 0.356 e. The predicted octanol–water partition coefficient (Wildman–Crippen LogP) is 6.70. The van der Waals surface area contributed by atoms with Crippen LogP contribution in [0.3, 0.4) is 0 Å². The van der Waals surface area contributed by atoms with E-state index in [0.717, 1.165) is 18.5 Å². The van der Waals surface area contributed by atoms with E-state index in [1.165, 1.54) is 77.7 Å². The van der Waals surface area contributed by atoms with Crippen molar-refractivity contribution in [3.05, 3.63) is 22.5 Å². The molecule has 0 aliphatic heterocycles. The summed E-state index contributed by atoms with van der Waals surface area (Å²) < 4.78 is 4.69. The first-order valence-corrected chi connectivity index (χ1v) is 10.0. The van der Waals surface area contributed by atoms with Gasteiger partial charge in [0.25, 0.3) is 0 Å². The molecule has 1 rings (SSSR count). The van der Waals surface area contributed by atoms with Crippen LogP contribution in [0.5, 0.6) is 0 Å². The van der Waals surface area contributed by atoms with Gasteiger partial charge in [-0.15, -0.1) is 0 Å². The fourth-order valence-corrected chi connectivity index (χ4v) is 3.28. The molecule has 0 aliphatic rings. The molecule has 4 heteroatoms. The van der Waals surface area contributed by atoms with Crippen molar-refractivity contribution in [2.45, 2.75) is 90.4 Å². The van der Waals surface area contributed by atoms with Gasteiger partial charge in [-0.1, -0.05) is 89.2 Å². The minimum Gasteiger partial charge on any atom is -0.464 e. The third kappa shape index (κ3) is 8.77. The topological polar surface area (TPSA) is 42.1 Å². The van der Waals surface area contributed by atoms with Crippen molar-refractivity contribution in [1.29, 1.82) is 0 Å². The van der Waals surface area contributed by atoms with Crippen molar-refractivity contribution in [3.63, 3.8) is 0 Å². The van der Waals surface area contributed by atoms with E-state index < -0.39 is 5.97 Å². The Hall–Kier alpha value is -0.960. The van der Waals surface area contributed by atoms with Gasteiger partial charge in [-0.2, -0.15) is 0 Å². The number of carbonyl (C=O) groups excluding carboxylic acids is 1. The molecule has 0 radical (unpaired) electrons. The number of nitrogens with one attached hydrogen (secondary N) is 1. The zero-order valence-corrected chi connectivity index (χ0v) is 16.2. The van der Waals surface area contributed by atoms with Crippen LogP contribution in [0.1, 0.15) is 100 Å². The summed E-state index contributed by atoms with van der Waals surface area (Å²) in [6.07, 6.45) is 17.1. The normalized spacial score (nSPS) is 11.0. The smallest absolute Gasteiger partial charge is 0.356 e. The Morgan fingerprint density at radius 2 is 1.46 bits per heavy atom. The summed E-state index contributed by atoms with van der Waals surface area (Å²) in [6.45, 7) is 2.27. The molecule has 0 fully saturated rings. The van der Waals surface area contributed by atoms with Crippen LogP contribution in [0.15, 0.2) is 6.07 Å². The molecule has 0 saturated heterocycles. The van der Waals surface area contributed by atoms with Gasteiger partial charge in [-0.25, -0.2) is 4.79 Å². The lowest BCUT2D eigenvalue weighted by Gasteiger charge is -2.02. The van der Waals surface area contributed by atoms with Gasteiger partial charge in [0, 0.05) is 5.69 Å². The lowest BCUT2D eigenvalue weighted by atomic mass is 10.0. The molecule has 1 heterocycles. The van der Waals surface area contributed by atoms with Crippen molar-refractivity contribution in [2.75, 3.05) is 7.11 Å². The van der Waals surface area contributed by atoms with Gasteiger partial charge >= 0.3 is 5.97 Å². The third-order valence-corrected chi connectivity index (χ3v) is 4.81. The summed E-state index contributed by atoms with van der Waals surface area (Å²) in [5.41, 5.74) is 1.39. The molecule has 0 atom stereocenters. The number of esters is 1. The molecular formula is C20H34ClNO2. The van der Waals surface area contributed by atoms with Crippen molar-refractivity contribution in [3.8, 4) is 0 Å². The second-order valence-corrected chi connectivity index (χ2v) is 7.06. The van der Waals surface area contributed by atoms with E-state index in [2.05, 4.69) is 11.9 Å². The van der Waals surface area contributed by atoms with Crippen LogP contribution >= 0.6 is 11.6 Å². The molecule has 0 unspecified atom stereocenters. The number of ether oxygens (including phenoxy) is 1. The Balaban J connectivity index is 1.98. The zero-order chi connectivity index (χ0) is 17.6. The maximum atomic E-state index is 11.5. The van der Waals surface area contributed by atoms with Gasteiger partial charge in [0.2, 0.25) is 0 Å². The third-order valence-electron chi connectivity index (χ3n) is 4.51. The van der Waals surface area contributed by atoms with E-state index >= 15 is 0 Å². The monoisotopic (exact) mass is 355 g/mol. The Kier molecular flexibility index (Phi) is 11.7. The molecular weight excluding hydrogens is 322 g/mol. The predicted molar refractivity (Wildman–Crippen MR) is 102 cm³/mol. The summed E-state index contributed by atoms with van der Waals surface area (Å²) in [4.78, 5) is 14.6. The largest absolute Gasteiger partial charge is 0.464 e. The number of aryl methyl sites for hydroxylation is 1. The molecule has 0 saturated carbocycles. The van der Waals surface area contributed by atoms with Gasteiger partial charge in [0.05, 0.1) is 12.1 Å². The van der Waals surface area contributed by atoms with Crippen molar-refractivity contribution >= 4 is 17.6 Å². The fourth-order valence-electron chi connectivity index (χ4n) is 3.02. The van der Waals surface area contributed by atoms with Gasteiger partial charge in [0.1, 0.15) is 5.69 Å². The standard InChI is InChI=1S/C20H34ClNO2/c1-3-4-5-6-7-8-9-10-11-12-13-14-15-17-16-18(21)19(22-17)20(23)24-2/h16,22H,3-15H2,1-2H3. The van der Waals surface area contributed by atoms with Gasteiger partial charge in [-0.3, -0.25) is 0 Å². The van der Waals surface area contributed by atoms with Crippen molar-refractivity contribution in [2.24, 2.45) is 0 Å². The number of methoxy groups -OCH3 is 1. The summed E-state index contributed by atoms with van der Waals surface area (Å²) in [5.74, 6) is -0.402. The van der Waals surface area contributed by atoms with E-state index in [4.69, 9.17) is 16.3 Å². The Morgan fingerprint density at radius 1 is 0.958 bits per heavy atom. The minimum absolute atomic E-state index is 0.369. The summed E-state index contributed by atoms with van der Waals surface area (Å²) in [6, 6.07) is 1.84. The Bertz CT molecular complexity index is 456. The summed E-state index contributed by atoms with van der Waals surface area (Å²) in [5, 5.41) is 0.454. The van der Waals surface area contributed by atoms with Crippen LogP contribution < -0.4 is 0 Å². The van der Waals surface area contributed by atoms with Crippen LogP contribution in [-0.4, -0.2) is 18.1 Å². The first kappa shape index (κ1) is 21.1. The summed E-state index contributed by atoms with van der Waals surface area (Å²) >= 11 is 6.04. The van der Waals surface area contributed by atoms with E-state index in [1.54, 1.807) is 0 Å². The molecule has 0 aromatic carbocycles. The molecule has 0 bridgehead atoms. The second-order valence-electron chi connectivity index (χ2n) is 6.65.